The molecular formula is C23H36N8O6. The number of carboxylic acid groups (broad SMARTS) is 1. The van der Waals surface area contributed by atoms with E-state index in [1.807, 2.05) is 0 Å². The zero-order valence-corrected chi connectivity index (χ0v) is 20.7. The summed E-state index contributed by atoms with van der Waals surface area (Å²) in [5.41, 5.74) is 22.0. The first-order valence-corrected chi connectivity index (χ1v) is 11.7. The topological polar surface area (TPSA) is 258 Å². The van der Waals surface area contributed by atoms with Crippen LogP contribution >= 0.6 is 0 Å². The Bertz CT molecular complexity index is 965. The number of nitrogens with two attached hydrogens (primary N) is 4. The molecule has 0 aliphatic rings. The highest BCUT2D eigenvalue weighted by molar-refractivity contribution is 5.94. The Balaban J connectivity index is 3.08. The molecule has 0 aliphatic carbocycles. The highest BCUT2D eigenvalue weighted by atomic mass is 16.4. The van der Waals surface area contributed by atoms with E-state index >= 15 is 0 Å². The molecule has 4 amide bonds. The Morgan fingerprint density at radius 3 is 1.97 bits per heavy atom. The normalized spacial score (nSPS) is 13.8. The predicted octanol–water partition coefficient (Wildman–Crippen LogP) is -2.57. The number of amides is 4. The Labute approximate surface area is 214 Å². The number of nitrogens with zero attached hydrogens (tertiary/aromatic N) is 1. The lowest BCUT2D eigenvalue weighted by atomic mass is 10.0. The smallest absolute Gasteiger partial charge is 0.326 e. The first-order valence-electron chi connectivity index (χ1n) is 11.7. The van der Waals surface area contributed by atoms with E-state index in [1.54, 1.807) is 30.3 Å². The van der Waals surface area contributed by atoms with E-state index in [0.717, 1.165) is 0 Å². The van der Waals surface area contributed by atoms with Crippen molar-refractivity contribution in [1.82, 2.24) is 16.0 Å². The van der Waals surface area contributed by atoms with Crippen LogP contribution in [0.1, 0.15) is 38.2 Å². The molecule has 0 bridgehead atoms. The summed E-state index contributed by atoms with van der Waals surface area (Å²) in [7, 11) is 0. The van der Waals surface area contributed by atoms with Crippen molar-refractivity contribution in [2.75, 3.05) is 6.54 Å². The van der Waals surface area contributed by atoms with E-state index in [9.17, 15) is 29.1 Å². The lowest BCUT2D eigenvalue weighted by Crippen LogP contribution is -2.57. The van der Waals surface area contributed by atoms with Gasteiger partial charge in [0.15, 0.2) is 5.96 Å². The van der Waals surface area contributed by atoms with E-state index in [-0.39, 0.29) is 44.6 Å². The van der Waals surface area contributed by atoms with E-state index in [4.69, 9.17) is 22.9 Å². The van der Waals surface area contributed by atoms with E-state index in [1.165, 1.54) is 6.92 Å². The van der Waals surface area contributed by atoms with Gasteiger partial charge in [0.2, 0.25) is 23.6 Å². The van der Waals surface area contributed by atoms with Crippen molar-refractivity contribution in [2.45, 2.75) is 63.2 Å². The number of carbonyl (C=O) groups excluding carboxylic acids is 4. The Kier molecular flexibility index (Phi) is 13.1. The molecule has 0 radical (unpaired) electrons. The summed E-state index contributed by atoms with van der Waals surface area (Å²) in [6.07, 6.45) is 0.0209. The van der Waals surface area contributed by atoms with Crippen molar-refractivity contribution < 1.29 is 29.1 Å². The molecule has 1 aromatic rings. The molecule has 0 fully saturated rings. The van der Waals surface area contributed by atoms with Gasteiger partial charge in [-0.25, -0.2) is 4.79 Å². The standard InChI is InChI=1S/C23H36N8O6/c1-13(24)19(33)29-15(9-10-18(25)32)20(34)31-17(12-14-6-3-2-4-7-14)21(35)30-16(22(36)37)8-5-11-28-23(26)27/h2-4,6-7,13,15-17H,5,8-12,24H2,1H3,(H2,25,32)(H,29,33)(H,30,35)(H,31,34)(H,36,37)(H4,26,27,28). The number of carbonyl (C=O) groups is 5. The van der Waals surface area contributed by atoms with Gasteiger partial charge in [-0.15, -0.1) is 0 Å². The Morgan fingerprint density at radius 2 is 1.43 bits per heavy atom. The largest absolute Gasteiger partial charge is 0.480 e. The summed E-state index contributed by atoms with van der Waals surface area (Å²) < 4.78 is 0. The fourth-order valence-corrected chi connectivity index (χ4v) is 3.22. The summed E-state index contributed by atoms with van der Waals surface area (Å²) >= 11 is 0. The molecule has 4 atom stereocenters. The fraction of sp³-hybridized carbons (Fsp3) is 0.478. The summed E-state index contributed by atoms with van der Waals surface area (Å²) in [6.45, 7) is 1.59. The number of carboxylic acids is 1. The molecule has 14 heteroatoms. The van der Waals surface area contributed by atoms with Crippen molar-refractivity contribution in [1.29, 1.82) is 0 Å². The minimum Gasteiger partial charge on any atom is -0.480 e. The van der Waals surface area contributed by atoms with Gasteiger partial charge in [-0.05, 0) is 31.7 Å². The van der Waals surface area contributed by atoms with Crippen LogP contribution in [0.3, 0.4) is 0 Å². The highest BCUT2D eigenvalue weighted by Crippen LogP contribution is 2.07. The number of hydrogen-bond acceptors (Lipinski definition) is 7. The van der Waals surface area contributed by atoms with Crippen LogP contribution in [0, 0.1) is 0 Å². The molecule has 1 rings (SSSR count). The number of aliphatic carboxylic acids is 1. The van der Waals surface area contributed by atoms with E-state index in [2.05, 4.69) is 20.9 Å². The Morgan fingerprint density at radius 1 is 0.865 bits per heavy atom. The lowest BCUT2D eigenvalue weighted by Gasteiger charge is -2.25. The molecule has 204 valence electrons. The second kappa shape index (κ2) is 15.7. The van der Waals surface area contributed by atoms with Crippen LogP contribution in [0.4, 0.5) is 0 Å². The van der Waals surface area contributed by atoms with Gasteiger partial charge >= 0.3 is 5.97 Å². The zero-order chi connectivity index (χ0) is 28.0. The third kappa shape index (κ3) is 12.4. The molecule has 12 N–H and O–H groups in total. The van der Waals surface area contributed by atoms with Gasteiger partial charge in [0, 0.05) is 19.4 Å². The summed E-state index contributed by atoms with van der Waals surface area (Å²) in [6, 6.07) is 4.14. The minimum atomic E-state index is -1.27. The zero-order valence-electron chi connectivity index (χ0n) is 20.7. The number of rotatable bonds is 16. The minimum absolute atomic E-state index is 0.0303. The number of nitrogens with one attached hydrogen (secondary N) is 3. The molecular weight excluding hydrogens is 484 g/mol. The predicted molar refractivity (Wildman–Crippen MR) is 136 cm³/mol. The molecule has 4 unspecified atom stereocenters. The van der Waals surface area contributed by atoms with Crippen LogP contribution in [0.25, 0.3) is 0 Å². The van der Waals surface area contributed by atoms with Crippen LogP contribution in [0.15, 0.2) is 35.3 Å². The molecule has 0 heterocycles. The molecule has 0 aliphatic heterocycles. The Hall–Kier alpha value is -4.20. The van der Waals surface area contributed by atoms with Crippen LogP contribution < -0.4 is 38.9 Å². The highest BCUT2D eigenvalue weighted by Gasteiger charge is 2.30. The van der Waals surface area contributed by atoms with Crippen molar-refractivity contribution in [3.63, 3.8) is 0 Å². The quantitative estimate of drug-likeness (QED) is 0.0646. The van der Waals surface area contributed by atoms with Crippen LogP contribution in [0.2, 0.25) is 0 Å². The van der Waals surface area contributed by atoms with Crippen LogP contribution in [-0.4, -0.2) is 71.4 Å². The molecule has 1 aromatic carbocycles. The first kappa shape index (κ1) is 30.8. The number of guanidine groups is 1. The molecule has 14 nitrogen and oxygen atoms in total. The number of primary amides is 1. The maximum absolute atomic E-state index is 13.1. The summed E-state index contributed by atoms with van der Waals surface area (Å²) in [5, 5.41) is 17.0. The van der Waals surface area contributed by atoms with E-state index in [0.29, 0.717) is 5.56 Å². The summed E-state index contributed by atoms with van der Waals surface area (Å²) in [5.74, 6) is -4.24. The third-order valence-corrected chi connectivity index (χ3v) is 5.20. The van der Waals surface area contributed by atoms with Gasteiger partial charge in [-0.3, -0.25) is 24.2 Å². The first-order chi connectivity index (χ1) is 17.4. The van der Waals surface area contributed by atoms with Gasteiger partial charge in [-0.1, -0.05) is 30.3 Å². The molecule has 0 aromatic heterocycles. The number of aliphatic imine (C=N–C) groups is 1. The van der Waals surface area contributed by atoms with Gasteiger partial charge in [0.1, 0.15) is 18.1 Å². The summed E-state index contributed by atoms with van der Waals surface area (Å²) in [4.78, 5) is 65.0. The fourth-order valence-electron chi connectivity index (χ4n) is 3.22. The SMILES string of the molecule is CC(N)C(=O)NC(CCC(N)=O)C(=O)NC(Cc1ccccc1)C(=O)NC(CCCN=C(N)N)C(=O)O. The second-order valence-electron chi connectivity index (χ2n) is 8.45. The van der Waals surface area contributed by atoms with Crippen molar-refractivity contribution >= 4 is 35.6 Å². The molecule has 37 heavy (non-hydrogen) atoms. The van der Waals surface area contributed by atoms with Gasteiger partial charge in [-0.2, -0.15) is 0 Å². The third-order valence-electron chi connectivity index (χ3n) is 5.20. The average Bonchev–Trinajstić information content (AvgIpc) is 2.82. The van der Waals surface area contributed by atoms with E-state index < -0.39 is 53.8 Å². The second-order valence-corrected chi connectivity index (χ2v) is 8.45. The number of benzene rings is 1. The van der Waals surface area contributed by atoms with Crippen LogP contribution in [-0.2, 0) is 30.4 Å². The van der Waals surface area contributed by atoms with Gasteiger partial charge in [0.25, 0.3) is 0 Å². The lowest BCUT2D eigenvalue weighted by molar-refractivity contribution is -0.142. The van der Waals surface area contributed by atoms with Crippen molar-refractivity contribution in [2.24, 2.45) is 27.9 Å². The molecule has 0 saturated carbocycles. The average molecular weight is 521 g/mol. The van der Waals surface area contributed by atoms with Crippen molar-refractivity contribution in [3.8, 4) is 0 Å². The maximum atomic E-state index is 13.1. The maximum Gasteiger partial charge on any atom is 0.326 e. The molecule has 0 spiro atoms. The van der Waals surface area contributed by atoms with Crippen LogP contribution in [0.5, 0.6) is 0 Å². The number of hydrogen-bond donors (Lipinski definition) is 8. The monoisotopic (exact) mass is 520 g/mol. The molecule has 0 saturated heterocycles. The van der Waals surface area contributed by atoms with Gasteiger partial charge < -0.3 is 44.0 Å². The van der Waals surface area contributed by atoms with Crippen molar-refractivity contribution in [3.05, 3.63) is 35.9 Å². The van der Waals surface area contributed by atoms with Gasteiger partial charge in [0.05, 0.1) is 6.04 Å².